The molecule has 2 aromatic rings. The molecule has 0 spiro atoms. The summed E-state index contributed by atoms with van der Waals surface area (Å²) in [6.07, 6.45) is 0.468. The number of nitro groups is 1. The third-order valence-electron chi connectivity index (χ3n) is 4.28. The summed E-state index contributed by atoms with van der Waals surface area (Å²) in [5.74, 6) is -0.379. The average Bonchev–Trinajstić information content (AvgIpc) is 2.94. The summed E-state index contributed by atoms with van der Waals surface area (Å²) in [5, 5.41) is 16.2. The number of hydrogen-bond acceptors (Lipinski definition) is 6. The quantitative estimate of drug-likeness (QED) is 0.608. The Hall–Kier alpha value is -2.98. The molecule has 9 nitrogen and oxygen atoms in total. The largest absolute Gasteiger partial charge is 0.477 e. The van der Waals surface area contributed by atoms with Crippen LogP contribution in [0.15, 0.2) is 47.4 Å². The zero-order valence-electron chi connectivity index (χ0n) is 14.4. The van der Waals surface area contributed by atoms with Crippen LogP contribution < -0.4 is 14.8 Å². The molecule has 0 aromatic heterocycles. The van der Waals surface area contributed by atoms with Crippen molar-refractivity contribution in [3.8, 4) is 5.75 Å². The van der Waals surface area contributed by atoms with E-state index in [0.29, 0.717) is 17.7 Å². The monoisotopic (exact) mass is 391 g/mol. The second kappa shape index (κ2) is 6.97. The van der Waals surface area contributed by atoms with Gasteiger partial charge >= 0.3 is 5.69 Å². The number of hydrogen-bond donors (Lipinski definition) is 1. The van der Waals surface area contributed by atoms with Crippen molar-refractivity contribution in [2.24, 2.45) is 5.14 Å². The van der Waals surface area contributed by atoms with E-state index in [4.69, 9.17) is 9.88 Å². The Bertz CT molecular complexity index is 1020. The molecule has 142 valence electrons. The highest BCUT2D eigenvalue weighted by atomic mass is 32.2. The van der Waals surface area contributed by atoms with Gasteiger partial charge in [0.05, 0.1) is 9.82 Å². The van der Waals surface area contributed by atoms with E-state index >= 15 is 0 Å². The molecule has 0 saturated carbocycles. The number of sulfonamides is 1. The molecule has 27 heavy (non-hydrogen) atoms. The number of nitrogens with zero attached hydrogens (tertiary/aromatic N) is 2. The molecular formula is C17H17N3O6S. The van der Waals surface area contributed by atoms with Gasteiger partial charge < -0.3 is 9.64 Å². The standard InChI is InChI=1S/C17H17N3O6S/c1-11-8-12-9-13(27(18,24)25)6-7-14(12)19(11)17(21)10-26-16-5-3-2-4-15(16)20(22)23/h2-7,9,11H,8,10H2,1H3,(H2,18,24,25). The van der Waals surface area contributed by atoms with E-state index in [2.05, 4.69) is 0 Å². The molecular weight excluding hydrogens is 374 g/mol. The predicted molar refractivity (Wildman–Crippen MR) is 97.1 cm³/mol. The number of nitrogens with two attached hydrogens (primary N) is 1. The van der Waals surface area contributed by atoms with Gasteiger partial charge in [-0.3, -0.25) is 14.9 Å². The second-order valence-electron chi connectivity index (χ2n) is 6.17. The van der Waals surface area contributed by atoms with Crippen molar-refractivity contribution in [1.29, 1.82) is 0 Å². The minimum absolute atomic E-state index is 0.00694. The fourth-order valence-electron chi connectivity index (χ4n) is 3.10. The highest BCUT2D eigenvalue weighted by Gasteiger charge is 2.32. The Morgan fingerprint density at radius 3 is 2.70 bits per heavy atom. The fraction of sp³-hybridized carbons (Fsp3) is 0.235. The van der Waals surface area contributed by atoms with Gasteiger partial charge in [-0.15, -0.1) is 0 Å². The summed E-state index contributed by atoms with van der Waals surface area (Å²) in [5.41, 5.74) is 1.04. The van der Waals surface area contributed by atoms with Crippen LogP contribution >= 0.6 is 0 Å². The van der Waals surface area contributed by atoms with E-state index in [1.807, 2.05) is 6.92 Å². The Morgan fingerprint density at radius 1 is 1.33 bits per heavy atom. The number of primary sulfonamides is 1. The number of anilines is 1. The summed E-state index contributed by atoms with van der Waals surface area (Å²) in [4.78, 5) is 24.6. The highest BCUT2D eigenvalue weighted by molar-refractivity contribution is 7.89. The fourth-order valence-corrected chi connectivity index (χ4v) is 3.67. The van der Waals surface area contributed by atoms with Crippen molar-refractivity contribution < 1.29 is 22.9 Å². The molecule has 0 saturated heterocycles. The number of benzene rings is 2. The molecule has 0 aliphatic carbocycles. The molecule has 0 bridgehead atoms. The molecule has 10 heteroatoms. The third kappa shape index (κ3) is 3.76. The minimum Gasteiger partial charge on any atom is -0.477 e. The van der Waals surface area contributed by atoms with Gasteiger partial charge in [-0.2, -0.15) is 0 Å². The Kier molecular flexibility index (Phi) is 4.85. The Morgan fingerprint density at radius 2 is 2.04 bits per heavy atom. The van der Waals surface area contributed by atoms with Gasteiger partial charge in [0.2, 0.25) is 10.0 Å². The van der Waals surface area contributed by atoms with Crippen LogP contribution in [0.2, 0.25) is 0 Å². The van der Waals surface area contributed by atoms with E-state index in [1.165, 1.54) is 41.3 Å². The lowest BCUT2D eigenvalue weighted by Crippen LogP contribution is -2.39. The van der Waals surface area contributed by atoms with Crippen molar-refractivity contribution in [1.82, 2.24) is 0 Å². The second-order valence-corrected chi connectivity index (χ2v) is 7.73. The van der Waals surface area contributed by atoms with E-state index in [0.717, 1.165) is 0 Å². The first-order chi connectivity index (χ1) is 12.7. The SMILES string of the molecule is CC1Cc2cc(S(N)(=O)=O)ccc2N1C(=O)COc1ccccc1[N+](=O)[O-]. The molecule has 1 aliphatic rings. The first kappa shape index (κ1) is 18.8. The lowest BCUT2D eigenvalue weighted by Gasteiger charge is -2.22. The van der Waals surface area contributed by atoms with Crippen LogP contribution in [0.1, 0.15) is 12.5 Å². The Balaban J connectivity index is 1.80. The van der Waals surface area contributed by atoms with Gasteiger partial charge in [-0.25, -0.2) is 13.6 Å². The van der Waals surface area contributed by atoms with Crippen LogP contribution in [0.5, 0.6) is 5.75 Å². The summed E-state index contributed by atoms with van der Waals surface area (Å²) in [6, 6.07) is 9.92. The van der Waals surface area contributed by atoms with Crippen LogP contribution in [0, 0.1) is 10.1 Å². The van der Waals surface area contributed by atoms with E-state index in [1.54, 1.807) is 6.07 Å². The van der Waals surface area contributed by atoms with E-state index < -0.39 is 14.9 Å². The molecule has 1 amide bonds. The lowest BCUT2D eigenvalue weighted by molar-refractivity contribution is -0.385. The molecule has 1 heterocycles. The maximum atomic E-state index is 12.6. The molecule has 1 unspecified atom stereocenters. The number of ether oxygens (including phenoxy) is 1. The van der Waals surface area contributed by atoms with Crippen molar-refractivity contribution in [2.45, 2.75) is 24.3 Å². The topological polar surface area (TPSA) is 133 Å². The molecule has 2 aromatic carbocycles. The van der Waals surface area contributed by atoms with Crippen LogP contribution in [0.4, 0.5) is 11.4 Å². The maximum absolute atomic E-state index is 12.6. The number of carbonyl (C=O) groups is 1. The molecule has 0 radical (unpaired) electrons. The molecule has 3 rings (SSSR count). The molecule has 1 aliphatic heterocycles. The number of amides is 1. The number of rotatable bonds is 5. The van der Waals surface area contributed by atoms with Crippen LogP contribution in [-0.4, -0.2) is 31.9 Å². The van der Waals surface area contributed by atoms with Crippen molar-refractivity contribution in [2.75, 3.05) is 11.5 Å². The maximum Gasteiger partial charge on any atom is 0.310 e. The number of para-hydroxylation sites is 2. The Labute approximate surface area is 155 Å². The van der Waals surface area contributed by atoms with Gasteiger partial charge in [0.15, 0.2) is 12.4 Å². The minimum atomic E-state index is -3.83. The lowest BCUT2D eigenvalue weighted by atomic mass is 10.1. The number of carbonyl (C=O) groups excluding carboxylic acids is 1. The van der Waals surface area contributed by atoms with Crippen molar-refractivity contribution >= 4 is 27.3 Å². The predicted octanol–water partition coefficient (Wildman–Crippen LogP) is 1.60. The highest BCUT2D eigenvalue weighted by Crippen LogP contribution is 2.34. The summed E-state index contributed by atoms with van der Waals surface area (Å²) in [7, 11) is -3.83. The third-order valence-corrected chi connectivity index (χ3v) is 5.19. The number of fused-ring (bicyclic) bond motifs is 1. The normalized spacial score (nSPS) is 16.1. The van der Waals surface area contributed by atoms with Crippen LogP contribution in [-0.2, 0) is 21.2 Å². The van der Waals surface area contributed by atoms with E-state index in [9.17, 15) is 23.3 Å². The van der Waals surface area contributed by atoms with Gasteiger partial charge in [-0.05, 0) is 43.2 Å². The smallest absolute Gasteiger partial charge is 0.310 e. The zero-order chi connectivity index (χ0) is 19.8. The molecule has 2 N–H and O–H groups in total. The van der Waals surface area contributed by atoms with Gasteiger partial charge in [0.1, 0.15) is 0 Å². The van der Waals surface area contributed by atoms with Crippen molar-refractivity contribution in [3.63, 3.8) is 0 Å². The van der Waals surface area contributed by atoms with Gasteiger partial charge in [-0.1, -0.05) is 12.1 Å². The summed E-state index contributed by atoms with van der Waals surface area (Å²) < 4.78 is 28.4. The van der Waals surface area contributed by atoms with E-state index in [-0.39, 0.29) is 34.9 Å². The van der Waals surface area contributed by atoms with Gasteiger partial charge in [0.25, 0.3) is 5.91 Å². The number of nitro benzene ring substituents is 1. The first-order valence-electron chi connectivity index (χ1n) is 8.02. The molecule has 1 atom stereocenters. The van der Waals surface area contributed by atoms with Crippen molar-refractivity contribution in [3.05, 3.63) is 58.1 Å². The average molecular weight is 391 g/mol. The summed E-state index contributed by atoms with van der Waals surface area (Å²) >= 11 is 0. The first-order valence-corrected chi connectivity index (χ1v) is 9.57. The van der Waals surface area contributed by atoms with Gasteiger partial charge in [0, 0.05) is 17.8 Å². The molecule has 0 fully saturated rings. The van der Waals surface area contributed by atoms with Crippen LogP contribution in [0.3, 0.4) is 0 Å². The van der Waals surface area contributed by atoms with Crippen LogP contribution in [0.25, 0.3) is 0 Å². The zero-order valence-corrected chi connectivity index (χ0v) is 15.2. The summed E-state index contributed by atoms with van der Waals surface area (Å²) in [6.45, 7) is 1.44.